The average Bonchev–Trinajstić information content (AvgIpc) is 3.50. The molecule has 2 saturated carbocycles. The standard InChI is InChI=1S/C21H32N6O5/c1-2-12-4-3-7-21(31,8-12)20-25-17(22)15-18(26-20)27(10-23-15)11-32-16(14(29)9-28)19(30)24-13-5-6-13/h10,12-14,16,28-29,31H,2-9,11H2,1H3,(H,24,30)(H2,22,25,26)/t12-,14?,16?,21?/m1/s1. The van der Waals surface area contributed by atoms with Crippen LogP contribution in [0, 0.1) is 5.92 Å². The number of hydrogen-bond acceptors (Lipinski definition) is 9. The molecule has 4 atom stereocenters. The number of carbonyl (C=O) groups is 1. The highest BCUT2D eigenvalue weighted by Gasteiger charge is 2.39. The van der Waals surface area contributed by atoms with Gasteiger partial charge in [0.1, 0.15) is 24.0 Å². The quantitative estimate of drug-likeness (QED) is 0.359. The summed E-state index contributed by atoms with van der Waals surface area (Å²) in [6.45, 7) is 1.35. The van der Waals surface area contributed by atoms with Crippen LogP contribution in [0.15, 0.2) is 6.33 Å². The zero-order chi connectivity index (χ0) is 22.9. The van der Waals surface area contributed by atoms with E-state index in [0.29, 0.717) is 29.9 Å². The van der Waals surface area contributed by atoms with Crippen molar-refractivity contribution in [2.45, 2.75) is 82.5 Å². The molecule has 176 valence electrons. The minimum atomic E-state index is -1.37. The van der Waals surface area contributed by atoms with E-state index >= 15 is 0 Å². The SMILES string of the molecule is CC[C@@H]1CCCC(O)(c2nc(N)c3ncn(COC(C(=O)NC4CC4)C(O)CO)c3n2)C1. The first-order valence-corrected chi connectivity index (χ1v) is 11.3. The Morgan fingerprint density at radius 2 is 2.19 bits per heavy atom. The van der Waals surface area contributed by atoms with Crippen molar-refractivity contribution in [3.05, 3.63) is 12.2 Å². The van der Waals surface area contributed by atoms with Crippen molar-refractivity contribution in [1.82, 2.24) is 24.8 Å². The van der Waals surface area contributed by atoms with E-state index in [1.165, 1.54) is 6.33 Å². The highest BCUT2D eigenvalue weighted by Crippen LogP contribution is 2.40. The van der Waals surface area contributed by atoms with E-state index in [1.807, 2.05) is 0 Å². The van der Waals surface area contributed by atoms with Gasteiger partial charge in [-0.15, -0.1) is 0 Å². The van der Waals surface area contributed by atoms with Crippen LogP contribution in [0.4, 0.5) is 5.82 Å². The molecule has 3 unspecified atom stereocenters. The lowest BCUT2D eigenvalue weighted by atomic mass is 9.76. The first-order chi connectivity index (χ1) is 15.3. The van der Waals surface area contributed by atoms with Crippen LogP contribution >= 0.6 is 0 Å². The van der Waals surface area contributed by atoms with Crippen LogP contribution in [0.3, 0.4) is 0 Å². The lowest BCUT2D eigenvalue weighted by Gasteiger charge is -2.35. The largest absolute Gasteiger partial charge is 0.394 e. The molecule has 0 radical (unpaired) electrons. The third-order valence-electron chi connectivity index (χ3n) is 6.43. The van der Waals surface area contributed by atoms with Crippen molar-refractivity contribution in [1.29, 1.82) is 0 Å². The number of aliphatic hydroxyl groups is 3. The Morgan fingerprint density at radius 3 is 2.88 bits per heavy atom. The highest BCUT2D eigenvalue weighted by atomic mass is 16.5. The number of aliphatic hydroxyl groups excluding tert-OH is 2. The molecule has 0 aliphatic heterocycles. The number of nitrogens with zero attached hydrogens (tertiary/aromatic N) is 4. The molecule has 6 N–H and O–H groups in total. The Morgan fingerprint density at radius 1 is 1.41 bits per heavy atom. The minimum absolute atomic E-state index is 0.0897. The second kappa shape index (κ2) is 9.26. The van der Waals surface area contributed by atoms with Gasteiger partial charge in [-0.3, -0.25) is 9.36 Å². The number of aromatic nitrogens is 4. The van der Waals surface area contributed by atoms with Crippen molar-refractivity contribution < 1.29 is 24.9 Å². The van der Waals surface area contributed by atoms with Gasteiger partial charge < -0.3 is 31.1 Å². The Balaban J connectivity index is 1.57. The number of hydrogen-bond donors (Lipinski definition) is 5. The van der Waals surface area contributed by atoms with Gasteiger partial charge in [-0.25, -0.2) is 15.0 Å². The number of nitrogens with one attached hydrogen (secondary N) is 1. The fraction of sp³-hybridized carbons (Fsp3) is 0.714. The molecule has 0 aromatic carbocycles. The van der Waals surface area contributed by atoms with Gasteiger partial charge in [0.15, 0.2) is 23.4 Å². The summed E-state index contributed by atoms with van der Waals surface area (Å²) in [5.74, 6) is 0.346. The second-order valence-electron chi connectivity index (χ2n) is 8.97. The molecule has 2 heterocycles. The molecule has 2 aliphatic carbocycles. The number of amides is 1. The molecule has 1 amide bonds. The number of fused-ring (bicyclic) bond motifs is 1. The molecule has 0 bridgehead atoms. The molecule has 2 aromatic heterocycles. The van der Waals surface area contributed by atoms with Gasteiger partial charge in [-0.05, 0) is 38.0 Å². The minimum Gasteiger partial charge on any atom is -0.394 e. The van der Waals surface area contributed by atoms with E-state index in [1.54, 1.807) is 4.57 Å². The third kappa shape index (κ3) is 4.70. The molecular weight excluding hydrogens is 416 g/mol. The molecular formula is C21H32N6O5. The summed E-state index contributed by atoms with van der Waals surface area (Å²) in [6, 6.07) is 0.0897. The molecule has 11 heteroatoms. The van der Waals surface area contributed by atoms with E-state index in [2.05, 4.69) is 27.2 Å². The Bertz CT molecular complexity index is 964. The van der Waals surface area contributed by atoms with E-state index in [9.17, 15) is 20.1 Å². The summed E-state index contributed by atoms with van der Waals surface area (Å²) in [5, 5.41) is 33.5. The maximum Gasteiger partial charge on any atom is 0.252 e. The van der Waals surface area contributed by atoms with Gasteiger partial charge in [0.05, 0.1) is 12.9 Å². The predicted octanol–water partition coefficient (Wildman–Crippen LogP) is 0.171. The summed E-state index contributed by atoms with van der Waals surface area (Å²) in [6.07, 6.45) is 4.69. The molecule has 11 nitrogen and oxygen atoms in total. The van der Waals surface area contributed by atoms with Crippen LogP contribution in [-0.4, -0.2) is 65.6 Å². The number of nitrogen functional groups attached to an aromatic ring is 1. The number of rotatable bonds is 9. The second-order valence-corrected chi connectivity index (χ2v) is 8.97. The van der Waals surface area contributed by atoms with E-state index in [-0.39, 0.29) is 24.4 Å². The van der Waals surface area contributed by atoms with Gasteiger partial charge in [0.2, 0.25) is 0 Å². The topological polar surface area (TPSA) is 169 Å². The number of anilines is 1. The fourth-order valence-electron chi connectivity index (χ4n) is 4.31. The number of ether oxygens (including phenoxy) is 1. The van der Waals surface area contributed by atoms with Crippen LogP contribution in [0.2, 0.25) is 0 Å². The normalized spacial score (nSPS) is 25.6. The molecule has 32 heavy (non-hydrogen) atoms. The summed E-state index contributed by atoms with van der Waals surface area (Å²) < 4.78 is 7.20. The number of imidazole rings is 1. The van der Waals surface area contributed by atoms with Gasteiger partial charge in [0.25, 0.3) is 5.91 Å². The van der Waals surface area contributed by atoms with E-state index in [0.717, 1.165) is 32.1 Å². The Labute approximate surface area is 186 Å². The predicted molar refractivity (Wildman–Crippen MR) is 115 cm³/mol. The maximum absolute atomic E-state index is 12.4. The molecule has 2 aromatic rings. The molecule has 0 spiro atoms. The van der Waals surface area contributed by atoms with E-state index < -0.39 is 30.3 Å². The van der Waals surface area contributed by atoms with Crippen LogP contribution in [0.5, 0.6) is 0 Å². The molecule has 4 rings (SSSR count). The highest BCUT2D eigenvalue weighted by molar-refractivity contribution is 5.82. The van der Waals surface area contributed by atoms with Gasteiger partial charge in [-0.1, -0.05) is 19.8 Å². The van der Waals surface area contributed by atoms with E-state index in [4.69, 9.17) is 10.5 Å². The zero-order valence-corrected chi connectivity index (χ0v) is 18.3. The maximum atomic E-state index is 12.4. The monoisotopic (exact) mass is 448 g/mol. The van der Waals surface area contributed by atoms with Gasteiger partial charge >= 0.3 is 0 Å². The summed E-state index contributed by atoms with van der Waals surface area (Å²) in [5.41, 5.74) is 5.71. The number of nitrogens with two attached hydrogens (primary N) is 1. The first-order valence-electron chi connectivity index (χ1n) is 11.3. The summed E-state index contributed by atoms with van der Waals surface area (Å²) >= 11 is 0. The van der Waals surface area contributed by atoms with Crippen molar-refractivity contribution in [2.75, 3.05) is 12.3 Å². The first kappa shape index (κ1) is 22.8. The Kier molecular flexibility index (Phi) is 6.61. The third-order valence-corrected chi connectivity index (χ3v) is 6.43. The van der Waals surface area contributed by atoms with Crippen molar-refractivity contribution in [2.24, 2.45) is 5.92 Å². The molecule has 0 saturated heterocycles. The zero-order valence-electron chi connectivity index (χ0n) is 18.3. The lowest BCUT2D eigenvalue weighted by molar-refractivity contribution is -0.147. The average molecular weight is 449 g/mol. The van der Waals surface area contributed by atoms with Gasteiger partial charge in [-0.2, -0.15) is 0 Å². The molecule has 2 fully saturated rings. The van der Waals surface area contributed by atoms with Crippen LogP contribution in [0.25, 0.3) is 11.2 Å². The lowest BCUT2D eigenvalue weighted by Crippen LogP contribution is -2.46. The summed E-state index contributed by atoms with van der Waals surface area (Å²) in [4.78, 5) is 25.6. The van der Waals surface area contributed by atoms with Gasteiger partial charge in [0, 0.05) is 6.04 Å². The summed E-state index contributed by atoms with van der Waals surface area (Å²) in [7, 11) is 0. The van der Waals surface area contributed by atoms with Crippen molar-refractivity contribution >= 4 is 22.9 Å². The van der Waals surface area contributed by atoms with Crippen LogP contribution < -0.4 is 11.1 Å². The fourth-order valence-corrected chi connectivity index (χ4v) is 4.31. The number of carbonyl (C=O) groups excluding carboxylic acids is 1. The molecule has 2 aliphatic rings. The van der Waals surface area contributed by atoms with Crippen LogP contribution in [-0.2, 0) is 21.9 Å². The van der Waals surface area contributed by atoms with Crippen LogP contribution in [0.1, 0.15) is 57.7 Å². The van der Waals surface area contributed by atoms with Crippen molar-refractivity contribution in [3.63, 3.8) is 0 Å². The Hall–Kier alpha value is -2.34. The van der Waals surface area contributed by atoms with Crippen molar-refractivity contribution in [3.8, 4) is 0 Å². The smallest absolute Gasteiger partial charge is 0.252 e.